The summed E-state index contributed by atoms with van der Waals surface area (Å²) in [7, 11) is 0. The van der Waals surface area contributed by atoms with Crippen molar-refractivity contribution in [1.82, 2.24) is 19.1 Å². The molecular formula is C40H26N4O. The molecule has 0 saturated carbocycles. The summed E-state index contributed by atoms with van der Waals surface area (Å²) in [5.41, 5.74) is 11.7. The second-order valence-corrected chi connectivity index (χ2v) is 11.7. The normalized spacial score (nSPS) is 13.1. The van der Waals surface area contributed by atoms with Crippen molar-refractivity contribution >= 4 is 60.9 Å². The maximum atomic E-state index is 6.82. The minimum absolute atomic E-state index is 0.680. The molecule has 0 aliphatic heterocycles. The number of hydrogen-bond donors (Lipinski definition) is 0. The highest BCUT2D eigenvalue weighted by Gasteiger charge is 2.22. The van der Waals surface area contributed by atoms with Gasteiger partial charge in [0.2, 0.25) is 0 Å². The van der Waals surface area contributed by atoms with Gasteiger partial charge in [0.15, 0.2) is 11.4 Å². The highest BCUT2D eigenvalue weighted by molar-refractivity contribution is 6.12. The van der Waals surface area contributed by atoms with Crippen molar-refractivity contribution in [3.63, 3.8) is 0 Å². The summed E-state index contributed by atoms with van der Waals surface area (Å²) >= 11 is 0. The molecule has 0 atom stereocenters. The Morgan fingerprint density at radius 2 is 1.29 bits per heavy atom. The summed E-state index contributed by atoms with van der Waals surface area (Å²) < 4.78 is 11.5. The molecule has 212 valence electrons. The van der Waals surface area contributed by atoms with E-state index in [-0.39, 0.29) is 0 Å². The van der Waals surface area contributed by atoms with E-state index in [1.165, 1.54) is 32.9 Å². The third-order valence-corrected chi connectivity index (χ3v) is 9.31. The summed E-state index contributed by atoms with van der Waals surface area (Å²) in [6.45, 7) is 0. The van der Waals surface area contributed by atoms with E-state index < -0.39 is 0 Å². The van der Waals surface area contributed by atoms with Crippen LogP contribution in [0.15, 0.2) is 132 Å². The van der Waals surface area contributed by atoms with Crippen LogP contribution in [0.25, 0.3) is 83.5 Å². The first-order valence-corrected chi connectivity index (χ1v) is 15.4. The topological polar surface area (TPSA) is 48.8 Å². The van der Waals surface area contributed by atoms with Gasteiger partial charge in [-0.15, -0.1) is 0 Å². The Morgan fingerprint density at radius 1 is 0.600 bits per heavy atom. The molecule has 0 spiro atoms. The average molecular weight is 579 g/mol. The maximum Gasteiger partial charge on any atom is 0.197 e. The molecule has 4 aromatic heterocycles. The zero-order chi connectivity index (χ0) is 29.5. The van der Waals surface area contributed by atoms with Gasteiger partial charge in [-0.25, -0.2) is 9.97 Å². The number of para-hydroxylation sites is 4. The minimum atomic E-state index is 0.680. The number of allylic oxidation sites excluding steroid dienone is 1. The number of hydrogen-bond acceptors (Lipinski definition) is 3. The van der Waals surface area contributed by atoms with Gasteiger partial charge in [0.05, 0.1) is 16.6 Å². The molecular weight excluding hydrogens is 552 g/mol. The summed E-state index contributed by atoms with van der Waals surface area (Å²) in [5.74, 6) is 0.742. The first-order valence-electron chi connectivity index (χ1n) is 15.4. The van der Waals surface area contributed by atoms with E-state index in [0.29, 0.717) is 5.58 Å². The minimum Gasteiger partial charge on any atom is -0.450 e. The van der Waals surface area contributed by atoms with E-state index in [1.807, 2.05) is 0 Å². The molecule has 5 nitrogen and oxygen atoms in total. The third-order valence-electron chi connectivity index (χ3n) is 9.31. The van der Waals surface area contributed by atoms with E-state index >= 15 is 0 Å². The molecule has 1 aliphatic carbocycles. The van der Waals surface area contributed by atoms with Crippen LogP contribution in [0.2, 0.25) is 0 Å². The van der Waals surface area contributed by atoms with Crippen molar-refractivity contribution in [2.45, 2.75) is 12.8 Å². The Kier molecular flexibility index (Phi) is 5.05. The lowest BCUT2D eigenvalue weighted by atomic mass is 10.0. The Morgan fingerprint density at radius 3 is 2.09 bits per heavy atom. The van der Waals surface area contributed by atoms with Gasteiger partial charge in [-0.05, 0) is 54.8 Å². The van der Waals surface area contributed by atoms with Crippen LogP contribution in [-0.2, 0) is 6.42 Å². The molecule has 10 rings (SSSR count). The predicted molar refractivity (Wildman–Crippen MR) is 183 cm³/mol. The van der Waals surface area contributed by atoms with E-state index in [0.717, 1.165) is 63.0 Å². The zero-order valence-corrected chi connectivity index (χ0v) is 24.3. The van der Waals surface area contributed by atoms with Crippen molar-refractivity contribution in [3.05, 3.63) is 139 Å². The van der Waals surface area contributed by atoms with Gasteiger partial charge in [0, 0.05) is 44.1 Å². The van der Waals surface area contributed by atoms with Crippen LogP contribution >= 0.6 is 0 Å². The Hall–Kier alpha value is -5.94. The molecule has 0 amide bonds. The predicted octanol–water partition coefficient (Wildman–Crippen LogP) is 10.0. The lowest BCUT2D eigenvalue weighted by Crippen LogP contribution is -2.03. The number of furan rings is 1. The van der Waals surface area contributed by atoms with Crippen molar-refractivity contribution < 1.29 is 4.42 Å². The van der Waals surface area contributed by atoms with Crippen LogP contribution in [0.3, 0.4) is 0 Å². The first-order chi connectivity index (χ1) is 22.3. The van der Waals surface area contributed by atoms with E-state index in [9.17, 15) is 0 Å². The molecule has 0 radical (unpaired) electrons. The molecule has 0 bridgehead atoms. The highest BCUT2D eigenvalue weighted by Crippen LogP contribution is 2.40. The largest absolute Gasteiger partial charge is 0.450 e. The fraction of sp³-hybridized carbons (Fsp3) is 0.0500. The SMILES string of the molecule is C1=Cc2c(n(-c3cccc(-c4cccc5c4oc4c(-n6c7ccccc7c7ccccc76)ncnc45)c3)c3ccccc23)CC1. The lowest BCUT2D eigenvalue weighted by molar-refractivity contribution is 0.663. The summed E-state index contributed by atoms with van der Waals surface area (Å²) in [5, 5.41) is 4.64. The number of aromatic nitrogens is 4. The molecule has 4 heterocycles. The van der Waals surface area contributed by atoms with Gasteiger partial charge in [-0.3, -0.25) is 4.57 Å². The molecule has 0 N–H and O–H groups in total. The van der Waals surface area contributed by atoms with Gasteiger partial charge in [0.1, 0.15) is 17.4 Å². The standard InChI is InChI=1S/C40H26N4O/c1-5-19-33-28(13-1)29-14-2-6-20-34(29)43(33)26-12-9-11-25(23-26)27-17-10-18-32-37-39(45-38(27)32)40(42-24-41-37)44-35-21-7-3-15-30(35)31-16-4-8-22-36(31)44/h1-5,7-19,21-24H,6,20H2. The fourth-order valence-corrected chi connectivity index (χ4v) is 7.40. The molecule has 9 aromatic rings. The van der Waals surface area contributed by atoms with Crippen LogP contribution in [0.4, 0.5) is 0 Å². The lowest BCUT2D eigenvalue weighted by Gasteiger charge is -2.14. The van der Waals surface area contributed by atoms with Crippen LogP contribution < -0.4 is 0 Å². The molecule has 45 heavy (non-hydrogen) atoms. The Balaban J connectivity index is 1.20. The number of fused-ring (bicyclic) bond motifs is 9. The molecule has 5 heteroatoms. The molecule has 1 aliphatic rings. The van der Waals surface area contributed by atoms with Crippen molar-refractivity contribution in [2.75, 3.05) is 0 Å². The average Bonchev–Trinajstić information content (AvgIpc) is 3.76. The van der Waals surface area contributed by atoms with E-state index in [2.05, 4.69) is 137 Å². The second-order valence-electron chi connectivity index (χ2n) is 11.7. The first kappa shape index (κ1) is 24.5. The van der Waals surface area contributed by atoms with Crippen molar-refractivity contribution in [1.29, 1.82) is 0 Å². The van der Waals surface area contributed by atoms with Gasteiger partial charge < -0.3 is 8.98 Å². The maximum absolute atomic E-state index is 6.82. The van der Waals surface area contributed by atoms with Crippen LogP contribution in [-0.4, -0.2) is 19.1 Å². The van der Waals surface area contributed by atoms with Gasteiger partial charge in [-0.2, -0.15) is 0 Å². The van der Waals surface area contributed by atoms with Gasteiger partial charge in [0.25, 0.3) is 0 Å². The number of rotatable bonds is 3. The van der Waals surface area contributed by atoms with Crippen molar-refractivity contribution in [2.24, 2.45) is 0 Å². The Labute approximate surface area is 258 Å². The number of nitrogens with zero attached hydrogens (tertiary/aromatic N) is 4. The van der Waals surface area contributed by atoms with Gasteiger partial charge >= 0.3 is 0 Å². The molecule has 0 saturated heterocycles. The summed E-state index contributed by atoms with van der Waals surface area (Å²) in [6.07, 6.45) is 8.30. The molecule has 0 unspecified atom stereocenters. The van der Waals surface area contributed by atoms with Gasteiger partial charge in [-0.1, -0.05) is 91.0 Å². The van der Waals surface area contributed by atoms with E-state index in [4.69, 9.17) is 14.4 Å². The third kappa shape index (κ3) is 3.43. The van der Waals surface area contributed by atoms with Crippen LogP contribution in [0, 0.1) is 0 Å². The van der Waals surface area contributed by atoms with Crippen molar-refractivity contribution in [3.8, 4) is 22.6 Å². The highest BCUT2D eigenvalue weighted by atomic mass is 16.3. The zero-order valence-electron chi connectivity index (χ0n) is 24.3. The molecule has 0 fully saturated rings. The number of benzene rings is 5. The molecule has 5 aromatic carbocycles. The van der Waals surface area contributed by atoms with E-state index in [1.54, 1.807) is 6.33 Å². The Bertz CT molecular complexity index is 2610. The van der Waals surface area contributed by atoms with Crippen LogP contribution in [0.1, 0.15) is 17.7 Å². The van der Waals surface area contributed by atoms with Crippen LogP contribution in [0.5, 0.6) is 0 Å². The summed E-state index contributed by atoms with van der Waals surface area (Å²) in [6, 6.07) is 40.8. The smallest absolute Gasteiger partial charge is 0.197 e. The monoisotopic (exact) mass is 578 g/mol. The fourth-order valence-electron chi connectivity index (χ4n) is 7.40. The second kappa shape index (κ2) is 9.28. The quantitative estimate of drug-likeness (QED) is 0.210. The summed E-state index contributed by atoms with van der Waals surface area (Å²) in [4.78, 5) is 9.56.